The fourth-order valence-electron chi connectivity index (χ4n) is 2.60. The number of hydrogen-bond donors (Lipinski definition) is 3. The van der Waals surface area contributed by atoms with Crippen molar-refractivity contribution in [3.8, 4) is 0 Å². The Labute approximate surface area is 169 Å². The zero-order valence-corrected chi connectivity index (χ0v) is 15.6. The molecule has 162 valence electrons. The number of amides is 1. The number of halogens is 2. The molecule has 3 rings (SSSR count). The number of anilines is 1. The summed E-state index contributed by atoms with van der Waals surface area (Å²) in [5.74, 6) is -4.17. The van der Waals surface area contributed by atoms with E-state index in [1.54, 1.807) is 0 Å². The Balaban J connectivity index is 1.64. The van der Waals surface area contributed by atoms with E-state index in [-0.39, 0.29) is 17.4 Å². The predicted octanol–water partition coefficient (Wildman–Crippen LogP) is 0.848. The van der Waals surface area contributed by atoms with Crippen molar-refractivity contribution in [2.75, 3.05) is 11.9 Å². The lowest BCUT2D eigenvalue weighted by Crippen LogP contribution is -2.41. The lowest BCUT2D eigenvalue weighted by Gasteiger charge is -2.21. The molecule has 0 aromatic carbocycles. The normalized spacial score (nSPS) is 22.6. The molecule has 2 aromatic heterocycles. The number of hydrogen-bond acceptors (Lipinski definition) is 10. The minimum Gasteiger partial charge on any atom is -0.444 e. The van der Waals surface area contributed by atoms with E-state index in [9.17, 15) is 33.6 Å². The molecule has 3 N–H and O–H groups in total. The fourth-order valence-corrected chi connectivity index (χ4v) is 3.33. The summed E-state index contributed by atoms with van der Waals surface area (Å²) in [6.07, 6.45) is -6.26. The van der Waals surface area contributed by atoms with Gasteiger partial charge in [-0.25, -0.2) is 9.59 Å². The Kier molecular flexibility index (Phi) is 6.06. The second-order valence-corrected chi connectivity index (χ2v) is 7.18. The number of aliphatic hydroxyl groups excluding tert-OH is 2. The quantitative estimate of drug-likeness (QED) is 0.429. The summed E-state index contributed by atoms with van der Waals surface area (Å²) in [5.41, 5.74) is -1.21. The van der Waals surface area contributed by atoms with Gasteiger partial charge in [0.25, 0.3) is 0 Å². The highest BCUT2D eigenvalue weighted by Gasteiger charge is 2.59. The summed E-state index contributed by atoms with van der Waals surface area (Å²) < 4.78 is 38.4. The molecule has 3 atom stereocenters. The molecule has 3 heterocycles. The molecule has 1 aliphatic heterocycles. The van der Waals surface area contributed by atoms with Crippen molar-refractivity contribution in [2.24, 2.45) is 0 Å². The number of alkyl halides is 2. The summed E-state index contributed by atoms with van der Waals surface area (Å²) in [4.78, 5) is 37.7. The van der Waals surface area contributed by atoms with Gasteiger partial charge in [0.1, 0.15) is 18.5 Å². The van der Waals surface area contributed by atoms with Crippen molar-refractivity contribution in [3.63, 3.8) is 0 Å². The molecule has 0 radical (unpaired) electrons. The summed E-state index contributed by atoms with van der Waals surface area (Å²) >= 11 is 0.813. The second-order valence-electron chi connectivity index (χ2n) is 6.03. The van der Waals surface area contributed by atoms with E-state index in [0.29, 0.717) is 9.44 Å². The van der Waals surface area contributed by atoms with Gasteiger partial charge in [0.15, 0.2) is 6.10 Å². The van der Waals surface area contributed by atoms with Crippen LogP contribution in [-0.4, -0.2) is 55.5 Å². The first kappa shape index (κ1) is 21.7. The topological polar surface area (TPSA) is 166 Å². The van der Waals surface area contributed by atoms with Gasteiger partial charge in [0, 0.05) is 17.1 Å². The molecular weight excluding hydrogens is 434 g/mol. The fraction of sp³-hybridized carbons (Fsp3) is 0.400. The highest BCUT2D eigenvalue weighted by atomic mass is 32.1. The Bertz CT molecular complexity index is 1010. The molecule has 30 heavy (non-hydrogen) atoms. The number of carbonyl (C=O) groups is 1. The van der Waals surface area contributed by atoms with E-state index in [0.717, 1.165) is 23.6 Å². The molecular formula is C15H14F2N4O8S. The third-order valence-electron chi connectivity index (χ3n) is 4.05. The molecule has 15 heteroatoms. The molecule has 1 saturated heterocycles. The van der Waals surface area contributed by atoms with E-state index in [1.807, 2.05) is 0 Å². The number of nitrogens with zero attached hydrogens (tertiary/aromatic N) is 3. The lowest BCUT2D eigenvalue weighted by atomic mass is 10.1. The molecule has 12 nitrogen and oxygen atoms in total. The molecule has 1 unspecified atom stereocenters. The van der Waals surface area contributed by atoms with Gasteiger partial charge in [0.05, 0.1) is 11.5 Å². The predicted molar refractivity (Wildman–Crippen MR) is 95.2 cm³/mol. The SMILES string of the molecule is O=C(Nc1ccn([C@@H]2O[C@H](CO)C(O)C2(F)F)c(=O)n1)OCc1ccc([N+](=O)[O-])s1. The Hall–Kier alpha value is -3.01. The van der Waals surface area contributed by atoms with Gasteiger partial charge in [-0.2, -0.15) is 13.8 Å². The first-order valence-electron chi connectivity index (χ1n) is 8.21. The maximum atomic E-state index is 14.1. The smallest absolute Gasteiger partial charge is 0.413 e. The van der Waals surface area contributed by atoms with Crippen molar-refractivity contribution in [2.45, 2.75) is 31.0 Å². The van der Waals surface area contributed by atoms with Crippen LogP contribution in [0.25, 0.3) is 0 Å². The number of carbonyl (C=O) groups excluding carboxylic acids is 1. The first-order valence-corrected chi connectivity index (χ1v) is 9.03. The summed E-state index contributed by atoms with van der Waals surface area (Å²) in [6, 6.07) is 3.68. The Morgan fingerprint density at radius 3 is 2.77 bits per heavy atom. The van der Waals surface area contributed by atoms with Crippen molar-refractivity contribution >= 4 is 28.2 Å². The zero-order chi connectivity index (χ0) is 22.1. The number of aliphatic hydroxyl groups is 2. The van der Waals surface area contributed by atoms with Crippen LogP contribution in [0.2, 0.25) is 0 Å². The second kappa shape index (κ2) is 8.39. The summed E-state index contributed by atoms with van der Waals surface area (Å²) in [6.45, 7) is -1.15. The van der Waals surface area contributed by atoms with E-state index in [1.165, 1.54) is 12.1 Å². The highest BCUT2D eigenvalue weighted by Crippen LogP contribution is 2.41. The third kappa shape index (κ3) is 4.28. The molecule has 2 aromatic rings. The average Bonchev–Trinajstić information content (AvgIpc) is 3.24. The largest absolute Gasteiger partial charge is 0.444 e. The standard InChI is InChI=1S/C15H14F2N4O8S/c16-15(17)11(23)8(5-22)29-12(15)20-4-3-9(18-13(20)24)19-14(25)28-6-7-1-2-10(30-7)21(26)27/h1-4,8,11-12,22-23H,5-6H2,(H,18,19,24,25)/t8-,11?,12-/m1/s1. The van der Waals surface area contributed by atoms with Crippen LogP contribution in [0.4, 0.5) is 24.4 Å². The Morgan fingerprint density at radius 1 is 1.47 bits per heavy atom. The number of nitro groups is 1. The minimum atomic E-state index is -3.86. The van der Waals surface area contributed by atoms with Crippen molar-refractivity contribution in [1.82, 2.24) is 9.55 Å². The van der Waals surface area contributed by atoms with E-state index in [2.05, 4.69) is 10.3 Å². The lowest BCUT2D eigenvalue weighted by molar-refractivity contribution is -0.380. The number of aromatic nitrogens is 2. The van der Waals surface area contributed by atoms with Gasteiger partial charge in [-0.3, -0.25) is 20.0 Å². The Morgan fingerprint density at radius 2 is 2.20 bits per heavy atom. The van der Waals surface area contributed by atoms with Crippen LogP contribution in [0.1, 0.15) is 11.1 Å². The minimum absolute atomic E-state index is 0.126. The number of nitrogens with one attached hydrogen (secondary N) is 1. The van der Waals surface area contributed by atoms with Crippen LogP contribution in [0.5, 0.6) is 0 Å². The zero-order valence-electron chi connectivity index (χ0n) is 14.8. The van der Waals surface area contributed by atoms with Crippen LogP contribution >= 0.6 is 11.3 Å². The van der Waals surface area contributed by atoms with Crippen LogP contribution < -0.4 is 11.0 Å². The molecule has 1 fully saturated rings. The molecule has 1 aliphatic rings. The van der Waals surface area contributed by atoms with E-state index < -0.39 is 47.7 Å². The van der Waals surface area contributed by atoms with Gasteiger partial charge in [-0.15, -0.1) is 0 Å². The summed E-state index contributed by atoms with van der Waals surface area (Å²) in [5, 5.41) is 31.1. The van der Waals surface area contributed by atoms with E-state index in [4.69, 9.17) is 14.6 Å². The molecule has 0 aliphatic carbocycles. The number of thiophene rings is 1. The van der Waals surface area contributed by atoms with Crippen molar-refractivity contribution < 1.29 is 38.2 Å². The van der Waals surface area contributed by atoms with Crippen molar-refractivity contribution in [1.29, 1.82) is 0 Å². The molecule has 0 bridgehead atoms. The molecule has 0 saturated carbocycles. The van der Waals surface area contributed by atoms with Gasteiger partial charge >= 0.3 is 22.7 Å². The van der Waals surface area contributed by atoms with Gasteiger partial charge in [-0.1, -0.05) is 11.3 Å². The monoisotopic (exact) mass is 448 g/mol. The van der Waals surface area contributed by atoms with Crippen LogP contribution in [0.3, 0.4) is 0 Å². The maximum Gasteiger partial charge on any atom is 0.413 e. The maximum absolute atomic E-state index is 14.1. The highest BCUT2D eigenvalue weighted by molar-refractivity contribution is 7.15. The van der Waals surface area contributed by atoms with Crippen molar-refractivity contribution in [3.05, 3.63) is 49.9 Å². The average molecular weight is 448 g/mol. The number of ether oxygens (including phenoxy) is 2. The van der Waals surface area contributed by atoms with Gasteiger partial charge < -0.3 is 19.7 Å². The van der Waals surface area contributed by atoms with Gasteiger partial charge in [-0.05, 0) is 12.1 Å². The molecule has 0 spiro atoms. The third-order valence-corrected chi connectivity index (χ3v) is 5.06. The van der Waals surface area contributed by atoms with Crippen LogP contribution in [0, 0.1) is 10.1 Å². The van der Waals surface area contributed by atoms with Crippen LogP contribution in [0.15, 0.2) is 29.2 Å². The first-order chi connectivity index (χ1) is 14.1. The number of rotatable bonds is 6. The summed E-state index contributed by atoms with van der Waals surface area (Å²) in [7, 11) is 0. The van der Waals surface area contributed by atoms with E-state index >= 15 is 0 Å². The molecule has 1 amide bonds. The van der Waals surface area contributed by atoms with Crippen LogP contribution in [-0.2, 0) is 16.1 Å². The van der Waals surface area contributed by atoms with Gasteiger partial charge in [0.2, 0.25) is 6.23 Å².